The molecule has 0 heterocycles. The fourth-order valence-electron chi connectivity index (χ4n) is 1.74. The van der Waals surface area contributed by atoms with Gasteiger partial charge in [-0.1, -0.05) is 12.1 Å². The first kappa shape index (κ1) is 10.3. The highest BCUT2D eigenvalue weighted by atomic mass is 16.5. The molecule has 1 aromatic carbocycles. The average molecular weight is 206 g/mol. The van der Waals surface area contributed by atoms with Gasteiger partial charge in [0.1, 0.15) is 0 Å². The molecule has 0 amide bonds. The van der Waals surface area contributed by atoms with Crippen molar-refractivity contribution in [1.82, 2.24) is 0 Å². The Balaban J connectivity index is 2.21. The quantitative estimate of drug-likeness (QED) is 0.820. The molecule has 82 valence electrons. The van der Waals surface area contributed by atoms with Crippen LogP contribution in [0.15, 0.2) is 18.2 Å². The molecule has 0 aliphatic heterocycles. The van der Waals surface area contributed by atoms with Gasteiger partial charge in [-0.15, -0.1) is 0 Å². The van der Waals surface area contributed by atoms with Crippen LogP contribution in [0.25, 0.3) is 0 Å². The van der Waals surface area contributed by atoms with Crippen LogP contribution in [0.3, 0.4) is 0 Å². The molecule has 0 spiro atoms. The number of hydrogen-bond acceptors (Lipinski definition) is 2. The zero-order valence-electron chi connectivity index (χ0n) is 9.36. The topological polar surface area (TPSA) is 29.5 Å². The summed E-state index contributed by atoms with van der Waals surface area (Å²) in [4.78, 5) is 0. The van der Waals surface area contributed by atoms with Gasteiger partial charge in [-0.25, -0.2) is 0 Å². The van der Waals surface area contributed by atoms with Gasteiger partial charge < -0.3 is 9.84 Å². The van der Waals surface area contributed by atoms with Crippen molar-refractivity contribution in [3.8, 4) is 11.5 Å². The molecule has 1 saturated carbocycles. The Kier molecular flexibility index (Phi) is 2.85. The normalized spacial score (nSPS) is 15.7. The van der Waals surface area contributed by atoms with Crippen molar-refractivity contribution in [2.75, 3.05) is 0 Å². The largest absolute Gasteiger partial charge is 0.504 e. The summed E-state index contributed by atoms with van der Waals surface area (Å²) in [6, 6.07) is 5.63. The monoisotopic (exact) mass is 206 g/mol. The number of phenolic OH excluding ortho intramolecular Hbond substituents is 1. The molecule has 1 aliphatic rings. The summed E-state index contributed by atoms with van der Waals surface area (Å²) >= 11 is 0. The minimum atomic E-state index is 0.108. The van der Waals surface area contributed by atoms with E-state index < -0.39 is 0 Å². The van der Waals surface area contributed by atoms with E-state index in [0.29, 0.717) is 5.75 Å². The van der Waals surface area contributed by atoms with Gasteiger partial charge in [0, 0.05) is 0 Å². The maximum absolute atomic E-state index is 9.75. The van der Waals surface area contributed by atoms with Gasteiger partial charge in [-0.2, -0.15) is 0 Å². The van der Waals surface area contributed by atoms with Crippen molar-refractivity contribution in [2.24, 2.45) is 5.92 Å². The number of benzene rings is 1. The SMILES string of the molecule is CC(C)Oc1c(O)cccc1CC1CC1. The molecule has 0 saturated heterocycles. The molecule has 0 atom stereocenters. The number of hydrogen-bond donors (Lipinski definition) is 1. The lowest BCUT2D eigenvalue weighted by atomic mass is 10.1. The molecule has 1 aromatic rings. The minimum Gasteiger partial charge on any atom is -0.504 e. The summed E-state index contributed by atoms with van der Waals surface area (Å²) in [7, 11) is 0. The van der Waals surface area contributed by atoms with Gasteiger partial charge in [0.15, 0.2) is 11.5 Å². The highest BCUT2D eigenvalue weighted by Gasteiger charge is 2.24. The molecule has 2 heteroatoms. The van der Waals surface area contributed by atoms with Crippen LogP contribution in [-0.2, 0) is 6.42 Å². The second-order valence-electron chi connectivity index (χ2n) is 4.58. The molecule has 1 N–H and O–H groups in total. The lowest BCUT2D eigenvalue weighted by Gasteiger charge is -2.15. The lowest BCUT2D eigenvalue weighted by Crippen LogP contribution is -2.08. The highest BCUT2D eigenvalue weighted by Crippen LogP contribution is 2.38. The highest BCUT2D eigenvalue weighted by molar-refractivity contribution is 5.46. The summed E-state index contributed by atoms with van der Waals surface area (Å²) in [5.41, 5.74) is 1.14. The number of ether oxygens (including phenoxy) is 1. The van der Waals surface area contributed by atoms with Crippen molar-refractivity contribution >= 4 is 0 Å². The van der Waals surface area contributed by atoms with E-state index in [0.717, 1.165) is 17.9 Å². The summed E-state index contributed by atoms with van der Waals surface area (Å²) in [5, 5.41) is 9.75. The van der Waals surface area contributed by atoms with E-state index in [4.69, 9.17) is 4.74 Å². The molecule has 0 bridgehead atoms. The molecular formula is C13H18O2. The molecule has 1 aliphatic carbocycles. The maximum atomic E-state index is 9.75. The minimum absolute atomic E-state index is 0.108. The van der Waals surface area contributed by atoms with Crippen molar-refractivity contribution in [3.05, 3.63) is 23.8 Å². The van der Waals surface area contributed by atoms with Crippen LogP contribution < -0.4 is 4.74 Å². The Hall–Kier alpha value is -1.18. The third-order valence-electron chi connectivity index (χ3n) is 2.63. The molecule has 2 rings (SSSR count). The first-order valence-electron chi connectivity index (χ1n) is 5.64. The van der Waals surface area contributed by atoms with Crippen LogP contribution in [0.4, 0.5) is 0 Å². The molecule has 0 radical (unpaired) electrons. The van der Waals surface area contributed by atoms with Gasteiger partial charge in [-0.05, 0) is 50.7 Å². The summed E-state index contributed by atoms with van der Waals surface area (Å²) in [6.07, 6.45) is 3.78. The Morgan fingerprint density at radius 1 is 1.40 bits per heavy atom. The molecule has 15 heavy (non-hydrogen) atoms. The second-order valence-corrected chi connectivity index (χ2v) is 4.58. The number of rotatable bonds is 4. The van der Waals surface area contributed by atoms with Crippen molar-refractivity contribution < 1.29 is 9.84 Å². The number of aromatic hydroxyl groups is 1. The summed E-state index contributed by atoms with van der Waals surface area (Å²) < 4.78 is 5.65. The average Bonchev–Trinajstić information content (AvgIpc) is 2.94. The van der Waals surface area contributed by atoms with E-state index in [2.05, 4.69) is 6.07 Å². The molecule has 0 unspecified atom stereocenters. The van der Waals surface area contributed by atoms with E-state index in [9.17, 15) is 5.11 Å². The Bertz CT molecular complexity index is 340. The third kappa shape index (κ3) is 2.65. The van der Waals surface area contributed by atoms with Crippen molar-refractivity contribution in [2.45, 2.75) is 39.2 Å². The van der Waals surface area contributed by atoms with Crippen LogP contribution >= 0.6 is 0 Å². The van der Waals surface area contributed by atoms with Crippen molar-refractivity contribution in [1.29, 1.82) is 0 Å². The Morgan fingerprint density at radius 2 is 2.13 bits per heavy atom. The predicted molar refractivity (Wildman–Crippen MR) is 60.3 cm³/mol. The molecule has 1 fully saturated rings. The fourth-order valence-corrected chi connectivity index (χ4v) is 1.74. The zero-order valence-corrected chi connectivity index (χ0v) is 9.36. The smallest absolute Gasteiger partial charge is 0.164 e. The van der Waals surface area contributed by atoms with Crippen LogP contribution in [0.1, 0.15) is 32.3 Å². The molecular weight excluding hydrogens is 188 g/mol. The summed E-state index contributed by atoms with van der Waals surface area (Å²) in [5.74, 6) is 1.75. The Labute approximate surface area is 90.9 Å². The maximum Gasteiger partial charge on any atom is 0.164 e. The first-order chi connectivity index (χ1) is 7.16. The van der Waals surface area contributed by atoms with E-state index in [-0.39, 0.29) is 11.9 Å². The van der Waals surface area contributed by atoms with Gasteiger partial charge in [0.2, 0.25) is 0 Å². The number of phenols is 1. The molecule has 2 nitrogen and oxygen atoms in total. The van der Waals surface area contributed by atoms with Crippen LogP contribution in [0.2, 0.25) is 0 Å². The Morgan fingerprint density at radius 3 is 2.73 bits per heavy atom. The van der Waals surface area contributed by atoms with E-state index in [1.54, 1.807) is 6.07 Å². The standard InChI is InChI=1S/C13H18O2/c1-9(2)15-13-11(8-10-6-7-10)4-3-5-12(13)14/h3-5,9-10,14H,6-8H2,1-2H3. The van der Waals surface area contributed by atoms with E-state index in [1.807, 2.05) is 19.9 Å². The van der Waals surface area contributed by atoms with Gasteiger partial charge in [0.25, 0.3) is 0 Å². The van der Waals surface area contributed by atoms with Gasteiger partial charge in [-0.3, -0.25) is 0 Å². The lowest BCUT2D eigenvalue weighted by molar-refractivity contribution is 0.229. The van der Waals surface area contributed by atoms with Gasteiger partial charge in [0.05, 0.1) is 6.10 Å². The van der Waals surface area contributed by atoms with Crippen molar-refractivity contribution in [3.63, 3.8) is 0 Å². The van der Waals surface area contributed by atoms with Crippen LogP contribution in [-0.4, -0.2) is 11.2 Å². The number of para-hydroxylation sites is 1. The zero-order chi connectivity index (χ0) is 10.8. The van der Waals surface area contributed by atoms with E-state index >= 15 is 0 Å². The predicted octanol–water partition coefficient (Wildman–Crippen LogP) is 3.13. The third-order valence-corrected chi connectivity index (χ3v) is 2.63. The van der Waals surface area contributed by atoms with E-state index in [1.165, 1.54) is 12.8 Å². The first-order valence-corrected chi connectivity index (χ1v) is 5.64. The van der Waals surface area contributed by atoms with Gasteiger partial charge >= 0.3 is 0 Å². The summed E-state index contributed by atoms with van der Waals surface area (Å²) in [6.45, 7) is 3.96. The van der Waals surface area contributed by atoms with Crippen LogP contribution in [0, 0.1) is 5.92 Å². The fraction of sp³-hybridized carbons (Fsp3) is 0.538. The second kappa shape index (κ2) is 4.13. The van der Waals surface area contributed by atoms with Crippen LogP contribution in [0.5, 0.6) is 11.5 Å². The molecule has 0 aromatic heterocycles.